The van der Waals surface area contributed by atoms with Crippen molar-refractivity contribution in [1.29, 1.82) is 0 Å². The van der Waals surface area contributed by atoms with E-state index < -0.39 is 5.41 Å². The van der Waals surface area contributed by atoms with Crippen LogP contribution in [-0.4, -0.2) is 24.7 Å². The Kier molecular flexibility index (Phi) is 4.68. The lowest BCUT2D eigenvalue weighted by atomic mass is 9.73. The van der Waals surface area contributed by atoms with E-state index in [0.717, 1.165) is 23.3 Å². The summed E-state index contributed by atoms with van der Waals surface area (Å²) in [5, 5.41) is 3.37. The van der Waals surface area contributed by atoms with E-state index in [-0.39, 0.29) is 17.6 Å². The first-order valence-corrected chi connectivity index (χ1v) is 9.72. The number of para-hydroxylation sites is 1. The molecule has 0 saturated carbocycles. The Labute approximate surface area is 160 Å². The zero-order valence-electron chi connectivity index (χ0n) is 16.0. The van der Waals surface area contributed by atoms with Crippen LogP contribution in [0.1, 0.15) is 50.3 Å². The maximum atomic E-state index is 13.6. The van der Waals surface area contributed by atoms with Crippen LogP contribution in [0.5, 0.6) is 5.75 Å². The van der Waals surface area contributed by atoms with Gasteiger partial charge in [-0.05, 0) is 38.3 Å². The Morgan fingerprint density at radius 2 is 1.67 bits per heavy atom. The molecule has 0 aliphatic carbocycles. The monoisotopic (exact) mass is 365 g/mol. The molecule has 2 aromatic rings. The van der Waals surface area contributed by atoms with E-state index >= 15 is 0 Å². The minimum absolute atomic E-state index is 0.0547. The summed E-state index contributed by atoms with van der Waals surface area (Å²) in [6.07, 6.45) is 2.16. The van der Waals surface area contributed by atoms with Crippen LogP contribution in [0.4, 0.5) is 0 Å². The number of rotatable bonds is 3. The van der Waals surface area contributed by atoms with E-state index in [4.69, 9.17) is 9.47 Å². The van der Waals surface area contributed by atoms with Gasteiger partial charge in [0, 0.05) is 25.2 Å². The van der Waals surface area contributed by atoms with E-state index in [1.165, 1.54) is 0 Å². The van der Waals surface area contributed by atoms with Crippen LogP contribution in [-0.2, 0) is 14.9 Å². The van der Waals surface area contributed by atoms with Gasteiger partial charge in [0.1, 0.15) is 11.4 Å². The highest BCUT2D eigenvalue weighted by molar-refractivity contribution is 5.88. The number of nitrogens with one attached hydrogen (secondary N) is 1. The predicted molar refractivity (Wildman–Crippen MR) is 105 cm³/mol. The normalized spacial score (nSPS) is 23.0. The summed E-state index contributed by atoms with van der Waals surface area (Å²) in [5.74, 6) is 0.953. The molecule has 0 bridgehead atoms. The number of hydrogen-bond donors (Lipinski definition) is 1. The van der Waals surface area contributed by atoms with E-state index in [1.54, 1.807) is 0 Å². The molecule has 2 aromatic carbocycles. The maximum Gasteiger partial charge on any atom is 0.231 e. The van der Waals surface area contributed by atoms with Crippen molar-refractivity contribution in [1.82, 2.24) is 5.32 Å². The van der Waals surface area contributed by atoms with Crippen molar-refractivity contribution in [3.63, 3.8) is 0 Å². The molecule has 4 nitrogen and oxygen atoms in total. The van der Waals surface area contributed by atoms with Gasteiger partial charge in [0.15, 0.2) is 0 Å². The van der Waals surface area contributed by atoms with Crippen LogP contribution in [0.15, 0.2) is 54.6 Å². The molecule has 4 rings (SSSR count). The molecular weight excluding hydrogens is 338 g/mol. The van der Waals surface area contributed by atoms with Gasteiger partial charge in [0.05, 0.1) is 11.5 Å². The Morgan fingerprint density at radius 1 is 1.00 bits per heavy atom. The van der Waals surface area contributed by atoms with E-state index in [2.05, 4.69) is 37.4 Å². The largest absolute Gasteiger partial charge is 0.487 e. The number of fused-ring (bicyclic) bond motifs is 1. The highest BCUT2D eigenvalue weighted by Crippen LogP contribution is 2.41. The van der Waals surface area contributed by atoms with E-state index in [1.807, 2.05) is 36.4 Å². The Bertz CT molecular complexity index is 809. The van der Waals surface area contributed by atoms with Crippen molar-refractivity contribution in [3.8, 4) is 5.75 Å². The summed E-state index contributed by atoms with van der Waals surface area (Å²) in [4.78, 5) is 13.6. The van der Waals surface area contributed by atoms with Gasteiger partial charge in [-0.2, -0.15) is 0 Å². The second kappa shape index (κ2) is 7.01. The van der Waals surface area contributed by atoms with Crippen molar-refractivity contribution in [2.24, 2.45) is 0 Å². The van der Waals surface area contributed by atoms with Gasteiger partial charge in [-0.25, -0.2) is 0 Å². The summed E-state index contributed by atoms with van der Waals surface area (Å²) in [6.45, 7) is 5.36. The maximum absolute atomic E-state index is 13.6. The number of ether oxygens (including phenoxy) is 2. The Balaban J connectivity index is 1.66. The third-order valence-electron chi connectivity index (χ3n) is 5.79. The second-order valence-corrected chi connectivity index (χ2v) is 8.19. The Morgan fingerprint density at radius 3 is 2.41 bits per heavy atom. The fourth-order valence-corrected chi connectivity index (χ4v) is 4.35. The minimum Gasteiger partial charge on any atom is -0.487 e. The smallest absolute Gasteiger partial charge is 0.231 e. The fraction of sp³-hybridized carbons (Fsp3) is 0.435. The van der Waals surface area contributed by atoms with E-state index in [0.29, 0.717) is 26.1 Å². The molecule has 2 aliphatic rings. The summed E-state index contributed by atoms with van der Waals surface area (Å²) in [5.41, 5.74) is 1.28. The molecule has 2 aliphatic heterocycles. The van der Waals surface area contributed by atoms with Crippen molar-refractivity contribution in [2.75, 3.05) is 13.2 Å². The summed E-state index contributed by atoms with van der Waals surface area (Å²) in [7, 11) is 0. The van der Waals surface area contributed by atoms with Gasteiger partial charge in [-0.3, -0.25) is 4.79 Å². The molecule has 0 aromatic heterocycles. The third-order valence-corrected chi connectivity index (χ3v) is 5.79. The molecule has 2 heterocycles. The van der Waals surface area contributed by atoms with Crippen LogP contribution in [0.2, 0.25) is 0 Å². The summed E-state index contributed by atoms with van der Waals surface area (Å²) in [6, 6.07) is 18.1. The highest BCUT2D eigenvalue weighted by atomic mass is 16.5. The topological polar surface area (TPSA) is 47.6 Å². The minimum atomic E-state index is -0.531. The van der Waals surface area contributed by atoms with Crippen molar-refractivity contribution in [2.45, 2.75) is 50.2 Å². The molecule has 1 saturated heterocycles. The first-order chi connectivity index (χ1) is 13.0. The van der Waals surface area contributed by atoms with Gasteiger partial charge in [-0.15, -0.1) is 0 Å². The molecule has 0 spiro atoms. The molecule has 0 radical (unpaired) electrons. The number of hydrogen-bond acceptors (Lipinski definition) is 3. The molecule has 27 heavy (non-hydrogen) atoms. The standard InChI is InChI=1S/C23H27NO3/c1-22(2)16-19(18-10-6-7-11-20(18)27-22)24-21(25)23(12-14-26-15-13-23)17-8-4-3-5-9-17/h3-11,19H,12-16H2,1-2H3,(H,24,25)/t19-/m0/s1. The zero-order valence-corrected chi connectivity index (χ0v) is 16.0. The molecule has 1 fully saturated rings. The van der Waals surface area contributed by atoms with Gasteiger partial charge in [0.2, 0.25) is 5.91 Å². The van der Waals surface area contributed by atoms with Crippen LogP contribution in [0.25, 0.3) is 0 Å². The number of amides is 1. The first kappa shape index (κ1) is 18.1. The lowest BCUT2D eigenvalue weighted by Crippen LogP contribution is -2.51. The molecule has 4 heteroatoms. The fourth-order valence-electron chi connectivity index (χ4n) is 4.35. The van der Waals surface area contributed by atoms with Crippen molar-refractivity contribution < 1.29 is 14.3 Å². The summed E-state index contributed by atoms with van der Waals surface area (Å²) >= 11 is 0. The predicted octanol–water partition coefficient (Wildman–Crippen LogP) is 4.15. The lowest BCUT2D eigenvalue weighted by molar-refractivity contribution is -0.131. The van der Waals surface area contributed by atoms with Crippen molar-refractivity contribution >= 4 is 5.91 Å². The van der Waals surface area contributed by atoms with E-state index in [9.17, 15) is 4.79 Å². The Hall–Kier alpha value is -2.33. The van der Waals surface area contributed by atoms with Crippen molar-refractivity contribution in [3.05, 3.63) is 65.7 Å². The van der Waals surface area contributed by atoms with Crippen LogP contribution >= 0.6 is 0 Å². The number of carbonyl (C=O) groups is 1. The number of benzene rings is 2. The van der Waals surface area contributed by atoms with Gasteiger partial charge in [-0.1, -0.05) is 48.5 Å². The lowest BCUT2D eigenvalue weighted by Gasteiger charge is -2.41. The van der Waals surface area contributed by atoms with Gasteiger partial charge < -0.3 is 14.8 Å². The molecule has 1 N–H and O–H groups in total. The van der Waals surface area contributed by atoms with Crippen LogP contribution < -0.4 is 10.1 Å². The van der Waals surface area contributed by atoms with Crippen LogP contribution in [0.3, 0.4) is 0 Å². The number of carbonyl (C=O) groups excluding carboxylic acids is 1. The SMILES string of the molecule is CC1(C)C[C@H](NC(=O)C2(c3ccccc3)CCOCC2)c2ccccc2O1. The molecule has 0 unspecified atom stereocenters. The molecule has 142 valence electrons. The van der Waals surface area contributed by atoms with Gasteiger partial charge >= 0.3 is 0 Å². The zero-order chi connectivity index (χ0) is 18.9. The highest BCUT2D eigenvalue weighted by Gasteiger charge is 2.44. The first-order valence-electron chi connectivity index (χ1n) is 9.72. The average Bonchev–Trinajstić information content (AvgIpc) is 2.68. The summed E-state index contributed by atoms with van der Waals surface area (Å²) < 4.78 is 11.7. The van der Waals surface area contributed by atoms with Crippen LogP contribution in [0, 0.1) is 0 Å². The molecular formula is C23H27NO3. The quantitative estimate of drug-likeness (QED) is 0.889. The second-order valence-electron chi connectivity index (χ2n) is 8.19. The third kappa shape index (κ3) is 3.46. The molecule has 1 atom stereocenters. The van der Waals surface area contributed by atoms with Gasteiger partial charge in [0.25, 0.3) is 0 Å². The average molecular weight is 365 g/mol. The molecule has 1 amide bonds.